The van der Waals surface area contributed by atoms with Gasteiger partial charge in [-0.15, -0.1) is 0 Å². The number of nitrogens with one attached hydrogen (secondary N) is 1. The van der Waals surface area contributed by atoms with Crippen LogP contribution in [0.15, 0.2) is 36.4 Å². The van der Waals surface area contributed by atoms with Gasteiger partial charge in [-0.3, -0.25) is 0 Å². The van der Waals surface area contributed by atoms with Crippen LogP contribution in [0.5, 0.6) is 5.75 Å². The quantitative estimate of drug-likeness (QED) is 0.405. The summed E-state index contributed by atoms with van der Waals surface area (Å²) in [6.45, 7) is 3.60. The molecule has 2 aromatic rings. The lowest BCUT2D eigenvalue weighted by molar-refractivity contribution is 0.306. The highest BCUT2D eigenvalue weighted by molar-refractivity contribution is 6.44. The number of hydrogen-bond donors (Lipinski definition) is 1. The van der Waals surface area contributed by atoms with Gasteiger partial charge in [-0.2, -0.15) is 0 Å². The molecule has 0 saturated heterocycles. The molecule has 0 aliphatic heterocycles. The first-order valence-electron chi connectivity index (χ1n) is 7.70. The molecule has 2 nitrogen and oxygen atoms in total. The Bertz CT molecular complexity index is 629. The van der Waals surface area contributed by atoms with E-state index in [4.69, 9.17) is 39.5 Å². The lowest BCUT2D eigenvalue weighted by Gasteiger charge is -2.11. The van der Waals surface area contributed by atoms with Crippen molar-refractivity contribution in [1.82, 2.24) is 0 Å². The van der Waals surface area contributed by atoms with Gasteiger partial charge in [0.05, 0.1) is 27.4 Å². The van der Waals surface area contributed by atoms with Crippen molar-refractivity contribution in [2.75, 3.05) is 11.9 Å². The van der Waals surface area contributed by atoms with Crippen LogP contribution in [0.1, 0.15) is 31.7 Å². The van der Waals surface area contributed by atoms with Crippen LogP contribution in [0.25, 0.3) is 0 Å². The fourth-order valence-corrected chi connectivity index (χ4v) is 2.71. The van der Waals surface area contributed by atoms with E-state index in [1.165, 1.54) is 12.8 Å². The smallest absolute Gasteiger partial charge is 0.119 e. The zero-order chi connectivity index (χ0) is 16.7. The summed E-state index contributed by atoms with van der Waals surface area (Å²) in [6.07, 6.45) is 3.49. The van der Waals surface area contributed by atoms with E-state index in [0.29, 0.717) is 21.6 Å². The van der Waals surface area contributed by atoms with Gasteiger partial charge in [0.2, 0.25) is 0 Å². The number of ether oxygens (including phenoxy) is 1. The van der Waals surface area contributed by atoms with Crippen molar-refractivity contribution in [2.45, 2.75) is 32.7 Å². The predicted octanol–water partition coefficient (Wildman–Crippen LogP) is 6.83. The van der Waals surface area contributed by atoms with E-state index >= 15 is 0 Å². The third kappa shape index (κ3) is 5.80. The van der Waals surface area contributed by atoms with Crippen LogP contribution in [0.3, 0.4) is 0 Å². The van der Waals surface area contributed by atoms with Crippen molar-refractivity contribution in [3.05, 3.63) is 57.0 Å². The Morgan fingerprint density at radius 1 is 0.913 bits per heavy atom. The van der Waals surface area contributed by atoms with Crippen LogP contribution >= 0.6 is 34.8 Å². The summed E-state index contributed by atoms with van der Waals surface area (Å²) in [7, 11) is 0. The largest absolute Gasteiger partial charge is 0.494 e. The summed E-state index contributed by atoms with van der Waals surface area (Å²) in [5, 5.41) is 4.74. The molecule has 0 aromatic heterocycles. The zero-order valence-corrected chi connectivity index (χ0v) is 15.3. The minimum Gasteiger partial charge on any atom is -0.494 e. The van der Waals surface area contributed by atoms with Crippen LogP contribution < -0.4 is 10.1 Å². The Kier molecular flexibility index (Phi) is 7.35. The molecular weight excluding hydrogens is 353 g/mol. The van der Waals surface area contributed by atoms with Crippen LogP contribution in [0.2, 0.25) is 15.1 Å². The summed E-state index contributed by atoms with van der Waals surface area (Å²) in [4.78, 5) is 0. The number of anilines is 1. The van der Waals surface area contributed by atoms with Gasteiger partial charge < -0.3 is 10.1 Å². The molecule has 2 rings (SSSR count). The number of rotatable bonds is 8. The molecule has 23 heavy (non-hydrogen) atoms. The average molecular weight is 373 g/mol. The summed E-state index contributed by atoms with van der Waals surface area (Å²) < 4.78 is 5.70. The molecule has 124 valence electrons. The summed E-state index contributed by atoms with van der Waals surface area (Å²) in [6, 6.07) is 11.4. The van der Waals surface area contributed by atoms with E-state index in [1.54, 1.807) is 12.1 Å². The number of unbranched alkanes of at least 4 members (excludes halogenated alkanes) is 2. The van der Waals surface area contributed by atoms with Crippen molar-refractivity contribution in [3.63, 3.8) is 0 Å². The van der Waals surface area contributed by atoms with Gasteiger partial charge in [0.15, 0.2) is 0 Å². The minimum absolute atomic E-state index is 0.451. The second-order valence-corrected chi connectivity index (χ2v) is 6.52. The molecule has 1 N–H and O–H groups in total. The van der Waals surface area contributed by atoms with E-state index in [0.717, 1.165) is 30.0 Å². The number of benzene rings is 2. The highest BCUT2D eigenvalue weighted by Crippen LogP contribution is 2.32. The Hall–Kier alpha value is -1.09. The maximum Gasteiger partial charge on any atom is 0.119 e. The van der Waals surface area contributed by atoms with Gasteiger partial charge in [0.25, 0.3) is 0 Å². The molecule has 0 aliphatic carbocycles. The highest BCUT2D eigenvalue weighted by atomic mass is 35.5. The standard InChI is InChI=1S/C18H20Cl3NO/c1-2-3-4-9-23-14-7-5-13(6-8-14)12-22-18-11-16(20)15(19)10-17(18)21/h5-8,10-11,22H,2-4,9,12H2,1H3. The van der Waals surface area contributed by atoms with Crippen LogP contribution in [0, 0.1) is 0 Å². The molecule has 0 spiro atoms. The van der Waals surface area contributed by atoms with Crippen LogP contribution in [0.4, 0.5) is 5.69 Å². The van der Waals surface area contributed by atoms with Crippen molar-refractivity contribution in [3.8, 4) is 5.75 Å². The van der Waals surface area contributed by atoms with Gasteiger partial charge >= 0.3 is 0 Å². The minimum atomic E-state index is 0.451. The number of halogens is 3. The van der Waals surface area contributed by atoms with E-state index in [2.05, 4.69) is 12.2 Å². The molecule has 0 aliphatic rings. The first kappa shape index (κ1) is 18.3. The first-order valence-corrected chi connectivity index (χ1v) is 8.83. The molecule has 5 heteroatoms. The second-order valence-electron chi connectivity index (χ2n) is 5.30. The van der Waals surface area contributed by atoms with Crippen LogP contribution in [-0.4, -0.2) is 6.61 Å². The van der Waals surface area contributed by atoms with Gasteiger partial charge in [0.1, 0.15) is 5.75 Å². The lowest BCUT2D eigenvalue weighted by Crippen LogP contribution is -2.01. The average Bonchev–Trinajstić information content (AvgIpc) is 2.55. The molecule has 0 atom stereocenters. The summed E-state index contributed by atoms with van der Waals surface area (Å²) in [5.41, 5.74) is 1.90. The first-order chi connectivity index (χ1) is 11.1. The van der Waals surface area contributed by atoms with E-state index in [1.807, 2.05) is 24.3 Å². The molecule has 0 fully saturated rings. The molecule has 0 bridgehead atoms. The monoisotopic (exact) mass is 371 g/mol. The van der Waals surface area contributed by atoms with Gasteiger partial charge in [-0.25, -0.2) is 0 Å². The van der Waals surface area contributed by atoms with E-state index in [9.17, 15) is 0 Å². The Morgan fingerprint density at radius 2 is 1.61 bits per heavy atom. The Labute approximate surface area is 152 Å². The van der Waals surface area contributed by atoms with Gasteiger partial charge in [-0.1, -0.05) is 66.7 Å². The number of hydrogen-bond acceptors (Lipinski definition) is 2. The molecule has 0 unspecified atom stereocenters. The topological polar surface area (TPSA) is 21.3 Å². The van der Waals surface area contributed by atoms with E-state index < -0.39 is 0 Å². The maximum absolute atomic E-state index is 6.15. The SMILES string of the molecule is CCCCCOc1ccc(CNc2cc(Cl)c(Cl)cc2Cl)cc1. The summed E-state index contributed by atoms with van der Waals surface area (Å²) in [5.74, 6) is 0.900. The van der Waals surface area contributed by atoms with Gasteiger partial charge in [-0.05, 0) is 36.2 Å². The highest BCUT2D eigenvalue weighted by Gasteiger charge is 2.06. The molecular formula is C18H20Cl3NO. The fraction of sp³-hybridized carbons (Fsp3) is 0.333. The predicted molar refractivity (Wildman–Crippen MR) is 100 cm³/mol. The van der Waals surface area contributed by atoms with Gasteiger partial charge in [0, 0.05) is 6.54 Å². The van der Waals surface area contributed by atoms with Crippen molar-refractivity contribution >= 4 is 40.5 Å². The second kappa shape index (κ2) is 9.27. The lowest BCUT2D eigenvalue weighted by atomic mass is 10.2. The van der Waals surface area contributed by atoms with E-state index in [-0.39, 0.29) is 0 Å². The van der Waals surface area contributed by atoms with Crippen LogP contribution in [-0.2, 0) is 6.54 Å². The molecule has 0 radical (unpaired) electrons. The fourth-order valence-electron chi connectivity index (χ4n) is 2.10. The van der Waals surface area contributed by atoms with Crippen molar-refractivity contribution < 1.29 is 4.74 Å². The zero-order valence-electron chi connectivity index (χ0n) is 13.0. The summed E-state index contributed by atoms with van der Waals surface area (Å²) >= 11 is 18.1. The molecule has 0 saturated carbocycles. The third-order valence-electron chi connectivity index (χ3n) is 3.43. The third-order valence-corrected chi connectivity index (χ3v) is 4.47. The van der Waals surface area contributed by atoms with Crippen molar-refractivity contribution in [2.24, 2.45) is 0 Å². The normalized spacial score (nSPS) is 10.6. The molecule has 2 aromatic carbocycles. The Balaban J connectivity index is 1.88. The van der Waals surface area contributed by atoms with Crippen molar-refractivity contribution in [1.29, 1.82) is 0 Å². The Morgan fingerprint density at radius 3 is 2.30 bits per heavy atom. The molecule has 0 amide bonds. The maximum atomic E-state index is 6.15. The molecule has 0 heterocycles.